The zero-order valence-corrected chi connectivity index (χ0v) is 19.5. The first-order valence-corrected chi connectivity index (χ1v) is 10.5. The second kappa shape index (κ2) is 12.7. The van der Waals surface area contributed by atoms with Crippen LogP contribution in [0.1, 0.15) is 10.4 Å². The van der Waals surface area contributed by atoms with Gasteiger partial charge in [-0.25, -0.2) is 9.78 Å². The van der Waals surface area contributed by atoms with Crippen LogP contribution in [0.3, 0.4) is 0 Å². The number of carboxylic acid groups (broad SMARTS) is 1. The first-order chi connectivity index (χ1) is 17.0. The fourth-order valence-corrected chi connectivity index (χ4v) is 3.08. The van der Waals surface area contributed by atoms with E-state index in [0.717, 1.165) is 0 Å². The standard InChI is InChI=1S/C20H19ClN4O4.C2HF3O2/c1-28-15-4-2-14(3-5-15)23-20(27)16(12-22)19(26)13-10-17(21)24-18(11-13)25-6-8-29-9-7-25;3-2(4,5)1(6)7/h2-5,10-11,16H,6-9H2,1H3,(H,23,27);(H,6,7). The van der Waals surface area contributed by atoms with Crippen molar-refractivity contribution >= 4 is 40.8 Å². The van der Waals surface area contributed by atoms with Gasteiger partial charge in [-0.15, -0.1) is 0 Å². The topological polar surface area (TPSA) is 142 Å². The number of nitrogens with zero attached hydrogens (tertiary/aromatic N) is 3. The molecule has 2 heterocycles. The Bertz CT molecular complexity index is 1130. The number of aromatic nitrogens is 1. The highest BCUT2D eigenvalue weighted by molar-refractivity contribution is 6.30. The van der Waals surface area contributed by atoms with Crippen LogP contribution in [0.25, 0.3) is 0 Å². The molecule has 1 unspecified atom stereocenters. The van der Waals surface area contributed by atoms with Crippen molar-refractivity contribution in [2.75, 3.05) is 43.6 Å². The highest BCUT2D eigenvalue weighted by Gasteiger charge is 2.38. The summed E-state index contributed by atoms with van der Waals surface area (Å²) in [5, 5.41) is 19.3. The maximum Gasteiger partial charge on any atom is 0.490 e. The van der Waals surface area contributed by atoms with Crippen molar-refractivity contribution in [3.8, 4) is 11.8 Å². The van der Waals surface area contributed by atoms with Crippen LogP contribution in [-0.2, 0) is 14.3 Å². The number of rotatable bonds is 6. The van der Waals surface area contributed by atoms with Crippen molar-refractivity contribution in [1.82, 2.24) is 4.98 Å². The zero-order valence-electron chi connectivity index (χ0n) is 18.7. The number of pyridine rings is 1. The maximum absolute atomic E-state index is 12.9. The van der Waals surface area contributed by atoms with Crippen LogP contribution in [0.5, 0.6) is 5.75 Å². The Morgan fingerprint density at radius 3 is 2.31 bits per heavy atom. The van der Waals surface area contributed by atoms with Gasteiger partial charge in [0.2, 0.25) is 5.91 Å². The molecule has 1 saturated heterocycles. The Morgan fingerprint density at radius 2 is 1.81 bits per heavy atom. The third kappa shape index (κ3) is 8.10. The van der Waals surface area contributed by atoms with Crippen LogP contribution in [-0.4, -0.2) is 67.3 Å². The molecule has 1 fully saturated rings. The summed E-state index contributed by atoms with van der Waals surface area (Å²) in [5.74, 6) is -4.50. The number of carbonyl (C=O) groups is 3. The van der Waals surface area contributed by atoms with Crippen LogP contribution in [0.15, 0.2) is 36.4 Å². The van der Waals surface area contributed by atoms with Crippen LogP contribution >= 0.6 is 11.6 Å². The molecular weight excluding hydrogens is 509 g/mol. The Labute approximate surface area is 208 Å². The van der Waals surface area contributed by atoms with Gasteiger partial charge in [0.15, 0.2) is 11.7 Å². The van der Waals surface area contributed by atoms with Crippen molar-refractivity contribution in [1.29, 1.82) is 5.26 Å². The zero-order chi connectivity index (χ0) is 26.9. The maximum atomic E-state index is 12.9. The van der Waals surface area contributed by atoms with Gasteiger partial charge in [0, 0.05) is 24.3 Å². The second-order valence-electron chi connectivity index (χ2n) is 7.08. The van der Waals surface area contributed by atoms with E-state index >= 15 is 0 Å². The van der Waals surface area contributed by atoms with Crippen LogP contribution in [0, 0.1) is 17.2 Å². The quantitative estimate of drug-likeness (QED) is 0.328. The SMILES string of the molecule is COc1ccc(NC(=O)C(C#N)C(=O)c2cc(Cl)nc(N3CCOCC3)c2)cc1.O=C(O)C(F)(F)F. The number of ether oxygens (including phenoxy) is 2. The smallest absolute Gasteiger partial charge is 0.490 e. The van der Waals surface area contributed by atoms with Crippen molar-refractivity contribution in [3.05, 3.63) is 47.1 Å². The molecular formula is C22H20ClF3N4O6. The van der Waals surface area contributed by atoms with Crippen molar-refractivity contribution in [3.63, 3.8) is 0 Å². The molecule has 192 valence electrons. The largest absolute Gasteiger partial charge is 0.497 e. The monoisotopic (exact) mass is 528 g/mol. The number of ketones is 1. The summed E-state index contributed by atoms with van der Waals surface area (Å²) >= 11 is 6.08. The average Bonchev–Trinajstić information content (AvgIpc) is 2.85. The van der Waals surface area contributed by atoms with E-state index in [0.29, 0.717) is 43.6 Å². The number of anilines is 2. The van der Waals surface area contributed by atoms with E-state index in [-0.39, 0.29) is 10.7 Å². The lowest BCUT2D eigenvalue weighted by Gasteiger charge is -2.28. The summed E-state index contributed by atoms with van der Waals surface area (Å²) in [6.07, 6.45) is -5.08. The van der Waals surface area contributed by atoms with Crippen molar-refractivity contribution in [2.45, 2.75) is 6.18 Å². The number of aliphatic carboxylic acids is 1. The minimum Gasteiger partial charge on any atom is -0.497 e. The lowest BCUT2D eigenvalue weighted by molar-refractivity contribution is -0.192. The van der Waals surface area contributed by atoms with Gasteiger partial charge in [0.25, 0.3) is 0 Å². The van der Waals surface area contributed by atoms with Gasteiger partial charge in [-0.1, -0.05) is 11.6 Å². The van der Waals surface area contributed by atoms with Gasteiger partial charge in [-0.2, -0.15) is 18.4 Å². The molecule has 14 heteroatoms. The molecule has 1 amide bonds. The average molecular weight is 529 g/mol. The Balaban J connectivity index is 0.000000572. The van der Waals surface area contributed by atoms with E-state index in [1.165, 1.54) is 13.2 Å². The number of alkyl halides is 3. The number of hydrogen-bond acceptors (Lipinski definition) is 8. The molecule has 0 bridgehead atoms. The molecule has 0 saturated carbocycles. The van der Waals surface area contributed by atoms with E-state index in [4.69, 9.17) is 31.0 Å². The molecule has 0 radical (unpaired) electrons. The second-order valence-corrected chi connectivity index (χ2v) is 7.47. The number of carbonyl (C=O) groups excluding carboxylic acids is 2. The van der Waals surface area contributed by atoms with E-state index in [2.05, 4.69) is 10.3 Å². The van der Waals surface area contributed by atoms with Gasteiger partial charge >= 0.3 is 12.1 Å². The molecule has 1 aromatic heterocycles. The highest BCUT2D eigenvalue weighted by atomic mass is 35.5. The summed E-state index contributed by atoms with van der Waals surface area (Å²) in [6.45, 7) is 2.31. The normalized spacial score (nSPS) is 13.9. The van der Waals surface area contributed by atoms with Gasteiger partial charge in [0.1, 0.15) is 16.7 Å². The Kier molecular flexibility index (Phi) is 10.0. The number of benzene rings is 1. The molecule has 1 aromatic carbocycles. The van der Waals surface area contributed by atoms with Gasteiger partial charge < -0.3 is 24.8 Å². The summed E-state index contributed by atoms with van der Waals surface area (Å²) < 4.78 is 42.1. The number of halogens is 4. The van der Waals surface area contributed by atoms with Crippen LogP contribution < -0.4 is 15.0 Å². The Hall–Kier alpha value is -3.89. The fraction of sp³-hybridized carbons (Fsp3) is 0.318. The number of methoxy groups -OCH3 is 1. The lowest BCUT2D eigenvalue weighted by atomic mass is 9.98. The van der Waals surface area contributed by atoms with Crippen molar-refractivity contribution < 1.29 is 42.1 Å². The van der Waals surface area contributed by atoms with Gasteiger partial charge in [-0.05, 0) is 36.4 Å². The number of Topliss-reactive ketones (excluding diaryl/α,β-unsaturated/α-hetero) is 1. The summed E-state index contributed by atoms with van der Waals surface area (Å²) in [5.41, 5.74) is 0.605. The molecule has 10 nitrogen and oxygen atoms in total. The number of nitriles is 1. The van der Waals surface area contributed by atoms with Gasteiger partial charge in [0.05, 0.1) is 26.4 Å². The lowest BCUT2D eigenvalue weighted by Crippen LogP contribution is -2.37. The number of hydrogen-bond donors (Lipinski definition) is 2. The predicted octanol–water partition coefficient (Wildman–Crippen LogP) is 3.17. The first-order valence-electron chi connectivity index (χ1n) is 10.2. The fourth-order valence-electron chi connectivity index (χ4n) is 2.87. The van der Waals surface area contributed by atoms with Gasteiger partial charge in [-0.3, -0.25) is 9.59 Å². The molecule has 1 aliphatic heterocycles. The molecule has 1 atom stereocenters. The summed E-state index contributed by atoms with van der Waals surface area (Å²) in [4.78, 5) is 40.5. The predicted molar refractivity (Wildman–Crippen MR) is 121 cm³/mol. The number of morpholine rings is 1. The molecule has 3 rings (SSSR count). The minimum atomic E-state index is -5.08. The highest BCUT2D eigenvalue weighted by Crippen LogP contribution is 2.22. The van der Waals surface area contributed by atoms with Crippen molar-refractivity contribution in [2.24, 2.45) is 5.92 Å². The summed E-state index contributed by atoms with van der Waals surface area (Å²) in [7, 11) is 1.53. The first kappa shape index (κ1) is 28.3. The van der Waals surface area contributed by atoms with E-state index in [1.54, 1.807) is 36.4 Å². The number of carboxylic acids is 1. The number of amides is 1. The van der Waals surface area contributed by atoms with Crippen LogP contribution in [0.4, 0.5) is 24.7 Å². The minimum absolute atomic E-state index is 0.115. The molecule has 0 spiro atoms. The molecule has 0 aliphatic carbocycles. The van der Waals surface area contributed by atoms with E-state index in [1.807, 2.05) is 4.90 Å². The third-order valence-electron chi connectivity index (χ3n) is 4.65. The number of nitrogens with one attached hydrogen (secondary N) is 1. The molecule has 2 N–H and O–H groups in total. The third-order valence-corrected chi connectivity index (χ3v) is 4.85. The Morgan fingerprint density at radius 1 is 1.22 bits per heavy atom. The molecule has 1 aliphatic rings. The summed E-state index contributed by atoms with van der Waals surface area (Å²) in [6, 6.07) is 11.3. The van der Waals surface area contributed by atoms with E-state index in [9.17, 15) is 28.0 Å². The molecule has 2 aromatic rings. The van der Waals surface area contributed by atoms with E-state index < -0.39 is 29.8 Å². The molecule has 36 heavy (non-hydrogen) atoms. The van der Waals surface area contributed by atoms with Crippen LogP contribution in [0.2, 0.25) is 5.15 Å².